The third kappa shape index (κ3) is 2.91. The number of carbonyl (C=O) groups excluding carboxylic acids is 1. The molecule has 122 valence electrons. The summed E-state index contributed by atoms with van der Waals surface area (Å²) >= 11 is 1.67. The molecule has 1 N–H and O–H groups in total. The van der Waals surface area contributed by atoms with Crippen LogP contribution in [-0.2, 0) is 12.8 Å². The summed E-state index contributed by atoms with van der Waals surface area (Å²) in [4.78, 5) is 17.1. The minimum atomic E-state index is 0. The highest BCUT2D eigenvalue weighted by Gasteiger charge is 2.27. The zero-order valence-electron chi connectivity index (χ0n) is 13.2. The van der Waals surface area contributed by atoms with Gasteiger partial charge in [-0.15, -0.1) is 23.7 Å². The highest BCUT2D eigenvalue weighted by Crippen LogP contribution is 2.39. The summed E-state index contributed by atoms with van der Waals surface area (Å²) in [5.74, 6) is 0.200. The SMILES string of the molecule is C[C@@H]1CNCCN1C(=O)c1cc2c(s1)-c1ccccc1CC2.Cl. The molecule has 0 saturated carbocycles. The summed E-state index contributed by atoms with van der Waals surface area (Å²) < 4.78 is 0. The molecular weight excluding hydrogens is 328 g/mol. The Morgan fingerprint density at radius 1 is 1.26 bits per heavy atom. The van der Waals surface area contributed by atoms with Crippen molar-refractivity contribution < 1.29 is 4.79 Å². The van der Waals surface area contributed by atoms with Gasteiger partial charge in [0.05, 0.1) is 4.88 Å². The number of carbonyl (C=O) groups is 1. The third-order valence-electron chi connectivity index (χ3n) is 4.71. The molecule has 0 radical (unpaired) electrons. The van der Waals surface area contributed by atoms with Gasteiger partial charge in [-0.3, -0.25) is 4.79 Å². The van der Waals surface area contributed by atoms with E-state index >= 15 is 0 Å². The molecule has 0 bridgehead atoms. The summed E-state index contributed by atoms with van der Waals surface area (Å²) in [7, 11) is 0. The number of halogens is 1. The molecule has 1 aliphatic heterocycles. The van der Waals surface area contributed by atoms with E-state index in [4.69, 9.17) is 0 Å². The van der Waals surface area contributed by atoms with Gasteiger partial charge < -0.3 is 10.2 Å². The fraction of sp³-hybridized carbons (Fsp3) is 0.389. The van der Waals surface area contributed by atoms with E-state index in [2.05, 4.69) is 42.6 Å². The Balaban J connectivity index is 0.00000156. The number of benzene rings is 1. The number of piperazine rings is 1. The van der Waals surface area contributed by atoms with Crippen LogP contribution in [0.25, 0.3) is 10.4 Å². The summed E-state index contributed by atoms with van der Waals surface area (Å²) in [5, 5.41) is 3.34. The number of rotatable bonds is 1. The molecule has 1 atom stereocenters. The van der Waals surface area contributed by atoms with Gasteiger partial charge in [-0.1, -0.05) is 24.3 Å². The fourth-order valence-corrected chi connectivity index (χ4v) is 4.69. The molecule has 2 heterocycles. The topological polar surface area (TPSA) is 32.3 Å². The molecule has 5 heteroatoms. The van der Waals surface area contributed by atoms with Crippen LogP contribution < -0.4 is 5.32 Å². The van der Waals surface area contributed by atoms with Gasteiger partial charge in [0.15, 0.2) is 0 Å². The first kappa shape index (κ1) is 16.5. The van der Waals surface area contributed by atoms with E-state index in [9.17, 15) is 4.79 Å². The normalized spacial score (nSPS) is 19.5. The smallest absolute Gasteiger partial charge is 0.264 e. The van der Waals surface area contributed by atoms with Gasteiger partial charge >= 0.3 is 0 Å². The quantitative estimate of drug-likeness (QED) is 0.857. The minimum absolute atomic E-state index is 0. The summed E-state index contributed by atoms with van der Waals surface area (Å²) in [6.45, 7) is 4.70. The number of nitrogens with zero attached hydrogens (tertiary/aromatic N) is 1. The Hall–Kier alpha value is -1.36. The van der Waals surface area contributed by atoms with Crippen LogP contribution in [0.3, 0.4) is 0 Å². The first-order valence-electron chi connectivity index (χ1n) is 7.96. The molecule has 4 rings (SSSR count). The van der Waals surface area contributed by atoms with E-state index < -0.39 is 0 Å². The van der Waals surface area contributed by atoms with E-state index in [0.717, 1.165) is 37.4 Å². The third-order valence-corrected chi connectivity index (χ3v) is 5.91. The van der Waals surface area contributed by atoms with Crippen LogP contribution in [0, 0.1) is 0 Å². The lowest BCUT2D eigenvalue weighted by molar-refractivity contribution is 0.0660. The Labute approximate surface area is 147 Å². The number of hydrogen-bond acceptors (Lipinski definition) is 3. The molecular formula is C18H21ClN2OS. The van der Waals surface area contributed by atoms with Gasteiger partial charge in [0.1, 0.15) is 0 Å². The second-order valence-corrected chi connectivity index (χ2v) is 7.23. The highest BCUT2D eigenvalue weighted by molar-refractivity contribution is 7.17. The highest BCUT2D eigenvalue weighted by atomic mass is 35.5. The molecule has 1 aliphatic carbocycles. The Kier molecular flexibility index (Phi) is 4.76. The maximum Gasteiger partial charge on any atom is 0.264 e. The van der Waals surface area contributed by atoms with Gasteiger partial charge in [0.25, 0.3) is 5.91 Å². The number of amides is 1. The lowest BCUT2D eigenvalue weighted by Gasteiger charge is -2.33. The van der Waals surface area contributed by atoms with E-state index in [1.54, 1.807) is 11.3 Å². The van der Waals surface area contributed by atoms with Crippen molar-refractivity contribution in [1.82, 2.24) is 10.2 Å². The molecule has 1 aromatic carbocycles. The summed E-state index contributed by atoms with van der Waals surface area (Å²) in [6.07, 6.45) is 2.13. The van der Waals surface area contributed by atoms with Crippen LogP contribution in [-0.4, -0.2) is 36.5 Å². The molecule has 0 spiro atoms. The van der Waals surface area contributed by atoms with Gasteiger partial charge in [-0.25, -0.2) is 0 Å². The van der Waals surface area contributed by atoms with Crippen molar-refractivity contribution in [2.45, 2.75) is 25.8 Å². The van der Waals surface area contributed by atoms with Crippen molar-refractivity contribution in [3.63, 3.8) is 0 Å². The number of hydrogen-bond donors (Lipinski definition) is 1. The summed E-state index contributed by atoms with van der Waals surface area (Å²) in [6, 6.07) is 11.0. The lowest BCUT2D eigenvalue weighted by atomic mass is 9.91. The minimum Gasteiger partial charge on any atom is -0.333 e. The van der Waals surface area contributed by atoms with Crippen molar-refractivity contribution >= 4 is 29.7 Å². The Morgan fingerprint density at radius 3 is 2.87 bits per heavy atom. The van der Waals surface area contributed by atoms with Crippen LogP contribution in [0.4, 0.5) is 0 Å². The lowest BCUT2D eigenvalue weighted by Crippen LogP contribution is -2.52. The second-order valence-electron chi connectivity index (χ2n) is 6.17. The van der Waals surface area contributed by atoms with Gasteiger partial charge in [0.2, 0.25) is 0 Å². The molecule has 1 amide bonds. The molecule has 0 unspecified atom stereocenters. The first-order chi connectivity index (χ1) is 10.7. The van der Waals surface area contributed by atoms with Crippen molar-refractivity contribution in [3.8, 4) is 10.4 Å². The molecule has 3 nitrogen and oxygen atoms in total. The number of thiophene rings is 1. The van der Waals surface area contributed by atoms with Crippen LogP contribution in [0.15, 0.2) is 30.3 Å². The van der Waals surface area contributed by atoms with E-state index in [-0.39, 0.29) is 24.4 Å². The van der Waals surface area contributed by atoms with Gasteiger partial charge in [-0.2, -0.15) is 0 Å². The van der Waals surface area contributed by atoms with Crippen LogP contribution in [0.2, 0.25) is 0 Å². The van der Waals surface area contributed by atoms with Crippen LogP contribution in [0.1, 0.15) is 27.7 Å². The van der Waals surface area contributed by atoms with Gasteiger partial charge in [-0.05, 0) is 42.5 Å². The van der Waals surface area contributed by atoms with Crippen molar-refractivity contribution in [2.75, 3.05) is 19.6 Å². The Bertz CT molecular complexity index is 728. The predicted octanol–water partition coefficient (Wildman–Crippen LogP) is 3.37. The second kappa shape index (κ2) is 6.63. The average Bonchev–Trinajstić information content (AvgIpc) is 2.99. The number of fused-ring (bicyclic) bond motifs is 3. The van der Waals surface area contributed by atoms with Crippen molar-refractivity contribution in [1.29, 1.82) is 0 Å². The maximum atomic E-state index is 12.8. The van der Waals surface area contributed by atoms with Gasteiger partial charge in [0, 0.05) is 30.6 Å². The molecule has 23 heavy (non-hydrogen) atoms. The Morgan fingerprint density at radius 2 is 2.04 bits per heavy atom. The zero-order chi connectivity index (χ0) is 15.1. The number of nitrogens with one attached hydrogen (secondary N) is 1. The van der Waals surface area contributed by atoms with E-state index in [0.29, 0.717) is 0 Å². The summed E-state index contributed by atoms with van der Waals surface area (Å²) in [5.41, 5.74) is 4.07. The van der Waals surface area contributed by atoms with E-state index in [1.807, 2.05) is 4.90 Å². The largest absolute Gasteiger partial charge is 0.333 e. The van der Waals surface area contributed by atoms with Crippen molar-refractivity contribution in [2.24, 2.45) is 0 Å². The van der Waals surface area contributed by atoms with Crippen molar-refractivity contribution in [3.05, 3.63) is 46.3 Å². The van der Waals surface area contributed by atoms with E-state index in [1.165, 1.54) is 21.6 Å². The zero-order valence-corrected chi connectivity index (χ0v) is 14.8. The maximum absolute atomic E-state index is 12.8. The fourth-order valence-electron chi connectivity index (χ4n) is 3.46. The predicted molar refractivity (Wildman–Crippen MR) is 97.8 cm³/mol. The molecule has 2 aliphatic rings. The molecule has 1 aromatic heterocycles. The first-order valence-corrected chi connectivity index (χ1v) is 8.78. The standard InChI is InChI=1S/C18H20N2OS.ClH/c1-12-11-19-8-9-20(12)18(21)16-10-14-7-6-13-4-2-3-5-15(13)17(14)22-16;/h2-5,10,12,19H,6-9,11H2,1H3;1H/t12-;/m1./s1. The van der Waals surface area contributed by atoms with Crippen LogP contribution in [0.5, 0.6) is 0 Å². The molecule has 1 saturated heterocycles. The molecule has 2 aromatic rings. The number of aryl methyl sites for hydroxylation is 2. The monoisotopic (exact) mass is 348 g/mol. The molecule has 1 fully saturated rings. The van der Waals surface area contributed by atoms with Crippen LogP contribution >= 0.6 is 23.7 Å². The average molecular weight is 349 g/mol.